The van der Waals surface area contributed by atoms with Gasteiger partial charge >= 0.3 is 0 Å². The van der Waals surface area contributed by atoms with Crippen molar-refractivity contribution in [1.29, 1.82) is 0 Å². The van der Waals surface area contributed by atoms with Crippen molar-refractivity contribution >= 4 is 52.5 Å². The van der Waals surface area contributed by atoms with E-state index >= 15 is 0 Å². The minimum Gasteiger partial charge on any atom is -0.497 e. The van der Waals surface area contributed by atoms with Gasteiger partial charge in [0.1, 0.15) is 5.75 Å². The Labute approximate surface area is 216 Å². The highest BCUT2D eigenvalue weighted by Gasteiger charge is 2.19. The van der Waals surface area contributed by atoms with Gasteiger partial charge in [0, 0.05) is 10.8 Å². The molecule has 0 aliphatic heterocycles. The summed E-state index contributed by atoms with van der Waals surface area (Å²) in [5.74, 6) is 1.61. The van der Waals surface area contributed by atoms with Crippen LogP contribution < -0.4 is 10.1 Å². The predicted octanol–water partition coefficient (Wildman–Crippen LogP) is 6.46. The number of aromatic nitrogens is 3. The highest BCUT2D eigenvalue weighted by Crippen LogP contribution is 2.31. The zero-order valence-corrected chi connectivity index (χ0v) is 21.0. The number of rotatable bonds is 8. The Balaban J connectivity index is 1.61. The number of carbonyl (C=O) groups is 1. The molecule has 0 bridgehead atoms. The number of hydrogen-bond donors (Lipinski definition) is 1. The lowest BCUT2D eigenvalue weighted by atomic mass is 10.2. The predicted molar refractivity (Wildman–Crippen MR) is 137 cm³/mol. The molecule has 4 rings (SSSR count). The first-order chi connectivity index (χ1) is 16.5. The third kappa shape index (κ3) is 5.67. The van der Waals surface area contributed by atoms with Crippen molar-refractivity contribution < 1.29 is 9.53 Å². The first kappa shape index (κ1) is 24.4. The Kier molecular flexibility index (Phi) is 8.00. The summed E-state index contributed by atoms with van der Waals surface area (Å²) >= 11 is 20.3. The van der Waals surface area contributed by atoms with Crippen LogP contribution in [-0.4, -0.2) is 27.8 Å². The van der Waals surface area contributed by atoms with Crippen molar-refractivity contribution in [2.24, 2.45) is 0 Å². The summed E-state index contributed by atoms with van der Waals surface area (Å²) in [7, 11) is 1.63. The van der Waals surface area contributed by atoms with E-state index in [-0.39, 0.29) is 12.5 Å². The largest absolute Gasteiger partial charge is 0.497 e. The lowest BCUT2D eigenvalue weighted by molar-refractivity contribution is 0.0950. The van der Waals surface area contributed by atoms with Gasteiger partial charge < -0.3 is 10.1 Å². The topological polar surface area (TPSA) is 69.0 Å². The van der Waals surface area contributed by atoms with Gasteiger partial charge in [0.05, 0.1) is 35.0 Å². The van der Waals surface area contributed by atoms with Crippen molar-refractivity contribution in [3.8, 4) is 11.4 Å². The first-order valence-corrected chi connectivity index (χ1v) is 12.3. The summed E-state index contributed by atoms with van der Waals surface area (Å²) < 4.78 is 7.12. The minimum absolute atomic E-state index is 0.121. The number of ether oxygens (including phenoxy) is 1. The molecule has 3 aromatic carbocycles. The molecule has 1 N–H and O–H groups in total. The molecule has 10 heteroatoms. The van der Waals surface area contributed by atoms with Gasteiger partial charge in [-0.2, -0.15) is 0 Å². The Hall–Kier alpha value is -2.71. The molecular weight excluding hydrogens is 515 g/mol. The normalized spacial score (nSPS) is 10.8. The van der Waals surface area contributed by atoms with Crippen LogP contribution in [-0.2, 0) is 12.3 Å². The van der Waals surface area contributed by atoms with E-state index < -0.39 is 0 Å². The second-order valence-corrected chi connectivity index (χ2v) is 9.33. The third-order valence-electron chi connectivity index (χ3n) is 4.88. The number of nitrogens with one attached hydrogen (secondary N) is 1. The molecule has 6 nitrogen and oxygen atoms in total. The van der Waals surface area contributed by atoms with Crippen molar-refractivity contribution in [3.63, 3.8) is 0 Å². The molecule has 4 aromatic rings. The molecule has 0 spiro atoms. The summed E-state index contributed by atoms with van der Waals surface area (Å²) in [5.41, 5.74) is 2.10. The molecule has 0 radical (unpaired) electrons. The fraction of sp³-hybridized carbons (Fsp3) is 0.125. The lowest BCUT2D eigenvalue weighted by Gasteiger charge is -2.13. The summed E-state index contributed by atoms with van der Waals surface area (Å²) in [6.07, 6.45) is 0. The Morgan fingerprint density at radius 2 is 1.82 bits per heavy atom. The average molecular weight is 534 g/mol. The lowest BCUT2D eigenvalue weighted by Crippen LogP contribution is -2.25. The van der Waals surface area contributed by atoms with Gasteiger partial charge in [0.25, 0.3) is 5.91 Å². The molecule has 0 fully saturated rings. The summed E-state index contributed by atoms with van der Waals surface area (Å²) in [6.45, 7) is 0.121. The quantitative estimate of drug-likeness (QED) is 0.263. The fourth-order valence-electron chi connectivity index (χ4n) is 3.22. The van der Waals surface area contributed by atoms with Crippen LogP contribution in [0.5, 0.6) is 5.75 Å². The van der Waals surface area contributed by atoms with Gasteiger partial charge in [-0.1, -0.05) is 70.8 Å². The molecule has 0 atom stereocenters. The summed E-state index contributed by atoms with van der Waals surface area (Å²) in [5, 5.41) is 13.5. The second-order valence-electron chi connectivity index (χ2n) is 7.13. The van der Waals surface area contributed by atoms with Crippen molar-refractivity contribution in [3.05, 3.63) is 98.7 Å². The van der Waals surface area contributed by atoms with Crippen LogP contribution in [0.25, 0.3) is 5.69 Å². The molecule has 0 unspecified atom stereocenters. The highest BCUT2D eigenvalue weighted by atomic mass is 35.5. The van der Waals surface area contributed by atoms with Gasteiger partial charge in [-0.25, -0.2) is 0 Å². The molecule has 0 aliphatic rings. The van der Waals surface area contributed by atoms with Crippen molar-refractivity contribution in [2.75, 3.05) is 7.11 Å². The molecule has 174 valence electrons. The molecule has 34 heavy (non-hydrogen) atoms. The van der Waals surface area contributed by atoms with E-state index in [9.17, 15) is 4.79 Å². The van der Waals surface area contributed by atoms with E-state index in [1.165, 1.54) is 11.8 Å². The molecule has 0 aliphatic carbocycles. The van der Waals surface area contributed by atoms with Gasteiger partial charge in [0.2, 0.25) is 0 Å². The highest BCUT2D eigenvalue weighted by molar-refractivity contribution is 7.98. The summed E-state index contributed by atoms with van der Waals surface area (Å²) in [4.78, 5) is 12.7. The molecule has 0 saturated carbocycles. The molecule has 0 saturated heterocycles. The van der Waals surface area contributed by atoms with Crippen molar-refractivity contribution in [1.82, 2.24) is 20.1 Å². The van der Waals surface area contributed by atoms with Crippen LogP contribution in [0.3, 0.4) is 0 Å². The van der Waals surface area contributed by atoms with Gasteiger partial charge in [-0.15, -0.1) is 10.2 Å². The van der Waals surface area contributed by atoms with E-state index in [1.807, 2.05) is 28.8 Å². The van der Waals surface area contributed by atoms with Gasteiger partial charge in [-0.3, -0.25) is 9.36 Å². The van der Waals surface area contributed by atoms with Gasteiger partial charge in [-0.05, 0) is 48.0 Å². The monoisotopic (exact) mass is 532 g/mol. The number of thioether (sulfide) groups is 1. The number of amides is 1. The molecule has 1 amide bonds. The molecular formula is C24H19Cl3N4O2S. The van der Waals surface area contributed by atoms with Crippen molar-refractivity contribution in [2.45, 2.75) is 17.5 Å². The average Bonchev–Trinajstić information content (AvgIpc) is 3.24. The first-order valence-electron chi connectivity index (χ1n) is 10.1. The zero-order valence-electron chi connectivity index (χ0n) is 18.0. The maximum atomic E-state index is 12.7. The molecule has 1 aromatic heterocycles. The van der Waals surface area contributed by atoms with E-state index in [4.69, 9.17) is 39.5 Å². The summed E-state index contributed by atoms with van der Waals surface area (Å²) in [6, 6.07) is 19.8. The number of methoxy groups -OCH3 is 1. The van der Waals surface area contributed by atoms with E-state index in [0.717, 1.165) is 11.3 Å². The number of nitrogens with zero attached hydrogens (tertiary/aromatic N) is 3. The van der Waals surface area contributed by atoms with Crippen LogP contribution in [0.1, 0.15) is 21.7 Å². The third-order valence-corrected chi connectivity index (χ3v) is 6.75. The SMILES string of the molecule is COc1cccc(CSc2nnc(CNC(=O)c3ccccc3Cl)n2-c2ccc(Cl)cc2Cl)c1. The Morgan fingerprint density at radius 1 is 1.00 bits per heavy atom. The van der Waals surface area contributed by atoms with E-state index in [2.05, 4.69) is 15.5 Å². The second kappa shape index (κ2) is 11.1. The maximum absolute atomic E-state index is 12.7. The number of carbonyl (C=O) groups excluding carboxylic acids is 1. The van der Waals surface area contributed by atoms with Crippen LogP contribution >= 0.6 is 46.6 Å². The number of hydrogen-bond acceptors (Lipinski definition) is 5. The number of benzene rings is 3. The maximum Gasteiger partial charge on any atom is 0.253 e. The fourth-order valence-corrected chi connectivity index (χ4v) is 4.84. The van der Waals surface area contributed by atoms with Crippen LogP contribution in [0.4, 0.5) is 0 Å². The Morgan fingerprint density at radius 3 is 2.59 bits per heavy atom. The standard InChI is InChI=1S/C24H19Cl3N4O2S/c1-33-17-6-4-5-15(11-17)14-34-24-30-29-22(31(24)21-10-9-16(25)12-20(21)27)13-28-23(32)18-7-2-3-8-19(18)26/h2-12H,13-14H2,1H3,(H,28,32). The Bertz CT molecular complexity index is 1330. The smallest absolute Gasteiger partial charge is 0.253 e. The van der Waals surface area contributed by atoms with Crippen LogP contribution in [0.15, 0.2) is 71.9 Å². The van der Waals surface area contributed by atoms with Crippen LogP contribution in [0, 0.1) is 0 Å². The molecule has 1 heterocycles. The zero-order chi connectivity index (χ0) is 24.1. The van der Waals surface area contributed by atoms with E-state index in [0.29, 0.717) is 43.1 Å². The van der Waals surface area contributed by atoms with Gasteiger partial charge in [0.15, 0.2) is 11.0 Å². The number of halogens is 3. The van der Waals surface area contributed by atoms with Crippen LogP contribution in [0.2, 0.25) is 15.1 Å². The minimum atomic E-state index is -0.312. The van der Waals surface area contributed by atoms with E-state index in [1.54, 1.807) is 49.6 Å².